The van der Waals surface area contributed by atoms with E-state index in [4.69, 9.17) is 4.74 Å². The number of nitrogens with one attached hydrogen (secondary N) is 1. The zero-order valence-electron chi connectivity index (χ0n) is 15.6. The normalized spacial score (nSPS) is 10.7. The van der Waals surface area contributed by atoms with Gasteiger partial charge in [0, 0.05) is 23.9 Å². The maximum absolute atomic E-state index is 13.2. The summed E-state index contributed by atoms with van der Waals surface area (Å²) in [5.41, 5.74) is 4.27. The Morgan fingerprint density at radius 2 is 1.96 bits per heavy atom. The molecule has 1 amide bonds. The van der Waals surface area contributed by atoms with Gasteiger partial charge in [0.05, 0.1) is 18.5 Å². The van der Waals surface area contributed by atoms with Crippen LogP contribution in [0.1, 0.15) is 23.4 Å². The molecule has 6 heteroatoms. The summed E-state index contributed by atoms with van der Waals surface area (Å²) in [6, 6.07) is 13.5. The van der Waals surface area contributed by atoms with E-state index in [-0.39, 0.29) is 11.7 Å². The van der Waals surface area contributed by atoms with Crippen LogP contribution < -0.4 is 10.1 Å². The number of aryl methyl sites for hydroxylation is 1. The van der Waals surface area contributed by atoms with Crippen molar-refractivity contribution in [2.75, 3.05) is 12.4 Å². The summed E-state index contributed by atoms with van der Waals surface area (Å²) in [6.07, 6.45) is 0.852. The van der Waals surface area contributed by atoms with Crippen LogP contribution in [0.25, 0.3) is 5.69 Å². The Kier molecular flexibility index (Phi) is 5.54. The number of nitrogens with zero attached hydrogens (tertiary/aromatic N) is 2. The number of carbonyl (C=O) groups excluding carboxylic acids is 1. The molecule has 2 aromatic carbocycles. The van der Waals surface area contributed by atoms with Crippen molar-refractivity contribution >= 4 is 11.6 Å². The van der Waals surface area contributed by atoms with E-state index in [2.05, 4.69) is 10.4 Å². The number of amides is 1. The number of hydrogen-bond donors (Lipinski definition) is 1. The Morgan fingerprint density at radius 1 is 1.19 bits per heavy atom. The highest BCUT2D eigenvalue weighted by atomic mass is 19.1. The molecule has 0 saturated carbocycles. The fourth-order valence-electron chi connectivity index (χ4n) is 3.06. The van der Waals surface area contributed by atoms with Crippen LogP contribution in [0.4, 0.5) is 10.1 Å². The minimum absolute atomic E-state index is 0.159. The highest BCUT2D eigenvalue weighted by Gasteiger charge is 2.15. The Bertz CT molecular complexity index is 966. The number of hydrogen-bond acceptors (Lipinski definition) is 3. The maximum atomic E-state index is 13.2. The van der Waals surface area contributed by atoms with Gasteiger partial charge in [-0.2, -0.15) is 5.10 Å². The molecule has 5 nitrogen and oxygen atoms in total. The molecule has 0 radical (unpaired) electrons. The van der Waals surface area contributed by atoms with Crippen LogP contribution >= 0.6 is 0 Å². The quantitative estimate of drug-likeness (QED) is 0.710. The summed E-state index contributed by atoms with van der Waals surface area (Å²) in [6.45, 7) is 3.92. The Labute approximate surface area is 157 Å². The van der Waals surface area contributed by atoms with Gasteiger partial charge in [0.15, 0.2) is 0 Å². The first-order valence-electron chi connectivity index (χ1n) is 8.73. The average molecular weight is 367 g/mol. The standard InChI is InChI=1S/C21H22FN3O2/c1-14-20(10-11-21(26)23-17-7-4-6-16(22)12-17)15(2)25(24-14)18-8-5-9-19(13-18)27-3/h4-9,12-13H,10-11H2,1-3H3,(H,23,26). The third-order valence-electron chi connectivity index (χ3n) is 4.45. The van der Waals surface area contributed by atoms with E-state index in [1.165, 1.54) is 12.1 Å². The van der Waals surface area contributed by atoms with Crippen molar-refractivity contribution < 1.29 is 13.9 Å². The predicted octanol–water partition coefficient (Wildman–Crippen LogP) is 4.21. The molecular formula is C21H22FN3O2. The van der Waals surface area contributed by atoms with Gasteiger partial charge >= 0.3 is 0 Å². The number of ether oxygens (including phenoxy) is 1. The summed E-state index contributed by atoms with van der Waals surface area (Å²) < 4.78 is 20.4. The first kappa shape index (κ1) is 18.6. The Morgan fingerprint density at radius 3 is 2.70 bits per heavy atom. The van der Waals surface area contributed by atoms with Crippen molar-refractivity contribution in [3.8, 4) is 11.4 Å². The van der Waals surface area contributed by atoms with Crippen molar-refractivity contribution in [2.45, 2.75) is 26.7 Å². The highest BCUT2D eigenvalue weighted by molar-refractivity contribution is 5.90. The Hall–Kier alpha value is -3.15. The molecule has 140 valence electrons. The molecule has 1 aromatic heterocycles. The van der Waals surface area contributed by atoms with Crippen molar-refractivity contribution in [1.29, 1.82) is 0 Å². The second-order valence-electron chi connectivity index (χ2n) is 6.32. The van der Waals surface area contributed by atoms with Gasteiger partial charge in [0.1, 0.15) is 11.6 Å². The molecule has 0 aliphatic heterocycles. The molecule has 27 heavy (non-hydrogen) atoms. The van der Waals surface area contributed by atoms with E-state index in [0.717, 1.165) is 28.4 Å². The zero-order chi connectivity index (χ0) is 19.4. The van der Waals surface area contributed by atoms with E-state index in [0.29, 0.717) is 18.5 Å². The third-order valence-corrected chi connectivity index (χ3v) is 4.45. The van der Waals surface area contributed by atoms with Crippen LogP contribution in [-0.2, 0) is 11.2 Å². The molecule has 1 N–H and O–H groups in total. The van der Waals surface area contributed by atoms with Gasteiger partial charge in [-0.3, -0.25) is 4.79 Å². The van der Waals surface area contributed by atoms with Gasteiger partial charge < -0.3 is 10.1 Å². The van der Waals surface area contributed by atoms with Gasteiger partial charge in [-0.25, -0.2) is 9.07 Å². The van der Waals surface area contributed by atoms with Gasteiger partial charge in [-0.05, 0) is 56.2 Å². The molecule has 0 bridgehead atoms. The largest absolute Gasteiger partial charge is 0.497 e. The van der Waals surface area contributed by atoms with Gasteiger partial charge in [0.25, 0.3) is 0 Å². The van der Waals surface area contributed by atoms with Crippen LogP contribution in [-0.4, -0.2) is 22.8 Å². The summed E-state index contributed by atoms with van der Waals surface area (Å²) in [4.78, 5) is 12.2. The monoisotopic (exact) mass is 367 g/mol. The van der Waals surface area contributed by atoms with Gasteiger partial charge in [-0.1, -0.05) is 12.1 Å². The van der Waals surface area contributed by atoms with E-state index < -0.39 is 0 Å². The summed E-state index contributed by atoms with van der Waals surface area (Å²) in [5, 5.41) is 7.33. The fraction of sp³-hybridized carbons (Fsp3) is 0.238. The lowest BCUT2D eigenvalue weighted by molar-refractivity contribution is -0.116. The van der Waals surface area contributed by atoms with Gasteiger partial charge in [-0.15, -0.1) is 0 Å². The highest BCUT2D eigenvalue weighted by Crippen LogP contribution is 2.22. The summed E-state index contributed by atoms with van der Waals surface area (Å²) in [7, 11) is 1.63. The third kappa shape index (κ3) is 4.34. The SMILES string of the molecule is COc1cccc(-n2nc(C)c(CCC(=O)Nc3cccc(F)c3)c2C)c1. The topological polar surface area (TPSA) is 56.2 Å². The molecule has 0 unspecified atom stereocenters. The van der Waals surface area contributed by atoms with Crippen molar-refractivity contribution in [3.63, 3.8) is 0 Å². The molecular weight excluding hydrogens is 345 g/mol. The second-order valence-corrected chi connectivity index (χ2v) is 6.32. The minimum Gasteiger partial charge on any atom is -0.497 e. The second kappa shape index (κ2) is 8.03. The number of rotatable bonds is 6. The maximum Gasteiger partial charge on any atom is 0.224 e. The van der Waals surface area contributed by atoms with Crippen molar-refractivity contribution in [3.05, 3.63) is 71.3 Å². The van der Waals surface area contributed by atoms with Crippen LogP contribution in [0.2, 0.25) is 0 Å². The molecule has 0 aliphatic rings. The van der Waals surface area contributed by atoms with Gasteiger partial charge in [0.2, 0.25) is 5.91 Å². The van der Waals surface area contributed by atoms with E-state index >= 15 is 0 Å². The number of benzene rings is 2. The first-order valence-corrected chi connectivity index (χ1v) is 8.73. The number of halogens is 1. The van der Waals surface area contributed by atoms with Crippen molar-refractivity contribution in [1.82, 2.24) is 9.78 Å². The predicted molar refractivity (Wildman–Crippen MR) is 103 cm³/mol. The van der Waals surface area contributed by atoms with E-state index in [1.807, 2.05) is 42.8 Å². The van der Waals surface area contributed by atoms with Crippen LogP contribution in [0, 0.1) is 19.7 Å². The average Bonchev–Trinajstić information content (AvgIpc) is 2.94. The van der Waals surface area contributed by atoms with Crippen LogP contribution in [0.3, 0.4) is 0 Å². The van der Waals surface area contributed by atoms with E-state index in [9.17, 15) is 9.18 Å². The Balaban J connectivity index is 1.72. The number of carbonyl (C=O) groups is 1. The smallest absolute Gasteiger partial charge is 0.224 e. The molecule has 3 rings (SSSR count). The number of methoxy groups -OCH3 is 1. The first-order chi connectivity index (χ1) is 13.0. The minimum atomic E-state index is -0.376. The van der Waals surface area contributed by atoms with Crippen molar-refractivity contribution in [2.24, 2.45) is 0 Å². The lowest BCUT2D eigenvalue weighted by Gasteiger charge is -2.08. The lowest BCUT2D eigenvalue weighted by Crippen LogP contribution is -2.12. The molecule has 3 aromatic rings. The summed E-state index contributed by atoms with van der Waals surface area (Å²) >= 11 is 0. The zero-order valence-corrected chi connectivity index (χ0v) is 15.6. The summed E-state index contributed by atoms with van der Waals surface area (Å²) in [5.74, 6) is 0.226. The molecule has 0 atom stereocenters. The molecule has 0 fully saturated rings. The number of aromatic nitrogens is 2. The van der Waals surface area contributed by atoms with Crippen LogP contribution in [0.5, 0.6) is 5.75 Å². The van der Waals surface area contributed by atoms with E-state index in [1.54, 1.807) is 19.2 Å². The molecule has 0 saturated heterocycles. The van der Waals surface area contributed by atoms with Crippen LogP contribution in [0.15, 0.2) is 48.5 Å². The molecule has 0 aliphatic carbocycles. The lowest BCUT2D eigenvalue weighted by atomic mass is 10.1. The fourth-order valence-corrected chi connectivity index (χ4v) is 3.06. The molecule has 0 spiro atoms. The number of anilines is 1. The molecule has 1 heterocycles.